The molecule has 0 aliphatic heterocycles. The van der Waals surface area contributed by atoms with Crippen LogP contribution in [-0.2, 0) is 16.6 Å². The molecule has 5 nitrogen and oxygen atoms in total. The average molecular weight is 346 g/mol. The highest BCUT2D eigenvalue weighted by atomic mass is 32.2. The van der Waals surface area contributed by atoms with E-state index in [0.29, 0.717) is 17.7 Å². The van der Waals surface area contributed by atoms with E-state index in [1.807, 2.05) is 30.3 Å². The van der Waals surface area contributed by atoms with E-state index in [1.54, 1.807) is 31.9 Å². The van der Waals surface area contributed by atoms with Crippen LogP contribution in [-0.4, -0.2) is 33.3 Å². The fourth-order valence-corrected chi connectivity index (χ4v) is 3.56. The molecule has 0 saturated carbocycles. The van der Waals surface area contributed by atoms with Crippen LogP contribution in [0.4, 0.5) is 0 Å². The standard InChI is InChI=1S/C18H22N2O3S/c1-13-10-16(11-17(14(13)2)24(22,23)19-3)18(21)20(4)12-15-8-6-5-7-9-15/h5-11,19H,12H2,1-4H3. The number of nitrogens with one attached hydrogen (secondary N) is 1. The van der Waals surface area contributed by atoms with Gasteiger partial charge in [-0.3, -0.25) is 4.79 Å². The number of carbonyl (C=O) groups excluding carboxylic acids is 1. The number of sulfonamides is 1. The summed E-state index contributed by atoms with van der Waals surface area (Å²) in [5.41, 5.74) is 2.79. The molecule has 2 aromatic rings. The summed E-state index contributed by atoms with van der Waals surface area (Å²) in [6, 6.07) is 12.8. The predicted molar refractivity (Wildman–Crippen MR) is 94.4 cm³/mol. The van der Waals surface area contributed by atoms with Gasteiger partial charge in [0.2, 0.25) is 10.0 Å². The first-order valence-electron chi connectivity index (χ1n) is 7.60. The highest BCUT2D eigenvalue weighted by molar-refractivity contribution is 7.89. The molecular formula is C18H22N2O3S. The molecule has 0 spiro atoms. The highest BCUT2D eigenvalue weighted by Gasteiger charge is 2.21. The third-order valence-electron chi connectivity index (χ3n) is 4.03. The summed E-state index contributed by atoms with van der Waals surface area (Å²) in [5, 5.41) is 0. The summed E-state index contributed by atoms with van der Waals surface area (Å²) >= 11 is 0. The van der Waals surface area contributed by atoms with E-state index in [0.717, 1.165) is 11.1 Å². The van der Waals surface area contributed by atoms with Gasteiger partial charge in [-0.15, -0.1) is 0 Å². The van der Waals surface area contributed by atoms with Crippen molar-refractivity contribution in [2.45, 2.75) is 25.3 Å². The number of carbonyl (C=O) groups is 1. The molecule has 0 bridgehead atoms. The second kappa shape index (κ2) is 7.15. The molecule has 2 rings (SSSR count). The zero-order valence-corrected chi connectivity index (χ0v) is 15.1. The lowest BCUT2D eigenvalue weighted by molar-refractivity contribution is 0.0784. The summed E-state index contributed by atoms with van der Waals surface area (Å²) in [7, 11) is -0.546. The molecule has 0 fully saturated rings. The molecule has 0 aliphatic rings. The Bertz CT molecular complexity index is 846. The average Bonchev–Trinajstić information content (AvgIpc) is 2.57. The lowest BCUT2D eigenvalue weighted by atomic mass is 10.1. The highest BCUT2D eigenvalue weighted by Crippen LogP contribution is 2.22. The largest absolute Gasteiger partial charge is 0.337 e. The molecule has 0 saturated heterocycles. The van der Waals surface area contributed by atoms with E-state index in [1.165, 1.54) is 13.1 Å². The van der Waals surface area contributed by atoms with Crippen molar-refractivity contribution in [3.8, 4) is 0 Å². The third kappa shape index (κ3) is 3.83. The lowest BCUT2D eigenvalue weighted by Crippen LogP contribution is -2.27. The van der Waals surface area contributed by atoms with Crippen LogP contribution < -0.4 is 4.72 Å². The number of hydrogen-bond donors (Lipinski definition) is 1. The minimum Gasteiger partial charge on any atom is -0.337 e. The maximum Gasteiger partial charge on any atom is 0.253 e. The monoisotopic (exact) mass is 346 g/mol. The summed E-state index contributed by atoms with van der Waals surface area (Å²) in [5.74, 6) is -0.213. The van der Waals surface area contributed by atoms with Crippen molar-refractivity contribution in [1.82, 2.24) is 9.62 Å². The van der Waals surface area contributed by atoms with Crippen LogP contribution in [0.1, 0.15) is 27.0 Å². The fourth-order valence-electron chi connectivity index (χ4n) is 2.49. The molecule has 0 unspecified atom stereocenters. The van der Waals surface area contributed by atoms with Crippen LogP contribution in [0.5, 0.6) is 0 Å². The molecule has 0 radical (unpaired) electrons. The minimum absolute atomic E-state index is 0.140. The summed E-state index contributed by atoms with van der Waals surface area (Å²) < 4.78 is 26.7. The number of nitrogens with zero attached hydrogens (tertiary/aromatic N) is 1. The predicted octanol–water partition coefficient (Wildman–Crippen LogP) is 2.48. The second-order valence-electron chi connectivity index (χ2n) is 5.77. The molecule has 128 valence electrons. The van der Waals surface area contributed by atoms with Gasteiger partial charge in [-0.2, -0.15) is 0 Å². The third-order valence-corrected chi connectivity index (χ3v) is 5.57. The molecule has 6 heteroatoms. The van der Waals surface area contributed by atoms with Crippen LogP contribution in [0.25, 0.3) is 0 Å². The van der Waals surface area contributed by atoms with Gasteiger partial charge < -0.3 is 4.90 Å². The zero-order valence-electron chi connectivity index (χ0n) is 14.3. The Labute approximate surface area is 143 Å². The molecule has 0 aromatic heterocycles. The maximum atomic E-state index is 12.7. The van der Waals surface area contributed by atoms with Crippen molar-refractivity contribution < 1.29 is 13.2 Å². The van der Waals surface area contributed by atoms with Crippen LogP contribution in [0.15, 0.2) is 47.4 Å². The van der Waals surface area contributed by atoms with Crippen molar-refractivity contribution >= 4 is 15.9 Å². The Morgan fingerprint density at radius 2 is 1.75 bits per heavy atom. The smallest absolute Gasteiger partial charge is 0.253 e. The summed E-state index contributed by atoms with van der Waals surface area (Å²) in [6.45, 7) is 4.00. The minimum atomic E-state index is -3.61. The number of rotatable bonds is 5. The molecule has 0 atom stereocenters. The number of aryl methyl sites for hydroxylation is 1. The Morgan fingerprint density at radius 3 is 2.33 bits per heavy atom. The lowest BCUT2D eigenvalue weighted by Gasteiger charge is -2.19. The van der Waals surface area contributed by atoms with Gasteiger partial charge in [0.25, 0.3) is 5.91 Å². The second-order valence-corrected chi connectivity index (χ2v) is 7.63. The first kappa shape index (κ1) is 18.2. The Hall–Kier alpha value is -2.18. The quantitative estimate of drug-likeness (QED) is 0.904. The van der Waals surface area contributed by atoms with E-state index in [2.05, 4.69) is 4.72 Å². The Balaban J connectivity index is 2.36. The molecule has 0 heterocycles. The van der Waals surface area contributed by atoms with Gasteiger partial charge in [0, 0.05) is 19.2 Å². The van der Waals surface area contributed by atoms with Crippen molar-refractivity contribution in [2.75, 3.05) is 14.1 Å². The van der Waals surface area contributed by atoms with Crippen LogP contribution in [0.2, 0.25) is 0 Å². The van der Waals surface area contributed by atoms with E-state index in [9.17, 15) is 13.2 Å². The molecule has 2 aromatic carbocycles. The molecular weight excluding hydrogens is 324 g/mol. The fraction of sp³-hybridized carbons (Fsp3) is 0.278. The van der Waals surface area contributed by atoms with Crippen molar-refractivity contribution in [1.29, 1.82) is 0 Å². The van der Waals surface area contributed by atoms with Gasteiger partial charge in [-0.05, 0) is 49.7 Å². The van der Waals surface area contributed by atoms with Gasteiger partial charge >= 0.3 is 0 Å². The molecule has 24 heavy (non-hydrogen) atoms. The van der Waals surface area contributed by atoms with Gasteiger partial charge in [0.15, 0.2) is 0 Å². The van der Waals surface area contributed by atoms with Crippen molar-refractivity contribution in [3.63, 3.8) is 0 Å². The van der Waals surface area contributed by atoms with E-state index < -0.39 is 10.0 Å². The summed E-state index contributed by atoms with van der Waals surface area (Å²) in [4.78, 5) is 14.4. The Morgan fingerprint density at radius 1 is 1.12 bits per heavy atom. The first-order chi connectivity index (χ1) is 11.3. The Kier molecular flexibility index (Phi) is 5.41. The van der Waals surface area contributed by atoms with Gasteiger partial charge in [-0.25, -0.2) is 13.1 Å². The van der Waals surface area contributed by atoms with Crippen LogP contribution in [0.3, 0.4) is 0 Å². The molecule has 1 N–H and O–H groups in total. The van der Waals surface area contributed by atoms with Gasteiger partial charge in [0.05, 0.1) is 4.90 Å². The van der Waals surface area contributed by atoms with Crippen molar-refractivity contribution in [3.05, 3.63) is 64.7 Å². The normalized spacial score (nSPS) is 11.3. The van der Waals surface area contributed by atoms with Crippen LogP contribution >= 0.6 is 0 Å². The molecule has 0 aliphatic carbocycles. The van der Waals surface area contributed by atoms with Gasteiger partial charge in [-0.1, -0.05) is 30.3 Å². The summed E-state index contributed by atoms with van der Waals surface area (Å²) in [6.07, 6.45) is 0. The number of amides is 1. The van der Waals surface area contributed by atoms with Crippen LogP contribution in [0, 0.1) is 13.8 Å². The molecule has 1 amide bonds. The van der Waals surface area contributed by atoms with E-state index in [4.69, 9.17) is 0 Å². The van der Waals surface area contributed by atoms with Gasteiger partial charge in [0.1, 0.15) is 0 Å². The van der Waals surface area contributed by atoms with E-state index in [-0.39, 0.29) is 10.8 Å². The number of benzene rings is 2. The topological polar surface area (TPSA) is 66.5 Å². The van der Waals surface area contributed by atoms with E-state index >= 15 is 0 Å². The maximum absolute atomic E-state index is 12.7. The zero-order chi connectivity index (χ0) is 17.9. The number of hydrogen-bond acceptors (Lipinski definition) is 3. The van der Waals surface area contributed by atoms with Crippen molar-refractivity contribution in [2.24, 2.45) is 0 Å². The first-order valence-corrected chi connectivity index (χ1v) is 9.08. The SMILES string of the molecule is CNS(=O)(=O)c1cc(C(=O)N(C)Cc2ccccc2)cc(C)c1C.